The molecule has 0 aliphatic carbocycles. The van der Waals surface area contributed by atoms with Gasteiger partial charge in [-0.1, -0.05) is 25.3 Å². The second kappa shape index (κ2) is 7.65. The van der Waals surface area contributed by atoms with Gasteiger partial charge in [0.2, 0.25) is 0 Å². The van der Waals surface area contributed by atoms with Crippen molar-refractivity contribution in [3.05, 3.63) is 27.1 Å². The van der Waals surface area contributed by atoms with Crippen LogP contribution in [-0.4, -0.2) is 28.6 Å². The molecule has 8 heteroatoms. The number of hydrogen-bond acceptors (Lipinski definition) is 7. The Morgan fingerprint density at radius 3 is 2.74 bits per heavy atom. The van der Waals surface area contributed by atoms with Crippen LogP contribution in [0, 0.1) is 5.92 Å². The van der Waals surface area contributed by atoms with Gasteiger partial charge in [-0.3, -0.25) is 4.79 Å². The first-order valence-electron chi connectivity index (χ1n) is 7.29. The van der Waals surface area contributed by atoms with Crippen LogP contribution in [0.2, 0.25) is 0 Å². The molecule has 2 aromatic heterocycles. The molecule has 2 aromatic rings. The number of aromatic nitrogens is 2. The van der Waals surface area contributed by atoms with Crippen molar-refractivity contribution in [2.45, 2.75) is 33.6 Å². The van der Waals surface area contributed by atoms with Gasteiger partial charge in [-0.15, -0.1) is 16.4 Å². The Bertz CT molecular complexity index is 707. The molecule has 0 aliphatic rings. The number of hydrogen-bond donors (Lipinski definition) is 1. The molecule has 1 N–H and O–H groups in total. The smallest absolute Gasteiger partial charge is 0.341 e. The number of methoxy groups -OCH3 is 1. The van der Waals surface area contributed by atoms with Crippen LogP contribution in [0.25, 0.3) is 0 Å². The van der Waals surface area contributed by atoms with E-state index in [9.17, 15) is 9.59 Å². The molecule has 0 saturated heterocycles. The van der Waals surface area contributed by atoms with Crippen LogP contribution < -0.4 is 5.32 Å². The molecule has 6 nitrogen and oxygen atoms in total. The lowest BCUT2D eigenvalue weighted by molar-refractivity contribution is 0.0601. The Balaban J connectivity index is 2.30. The molecule has 0 aliphatic heterocycles. The summed E-state index contributed by atoms with van der Waals surface area (Å²) in [7, 11) is 1.34. The molecule has 0 saturated carbocycles. The van der Waals surface area contributed by atoms with Crippen molar-refractivity contribution >= 4 is 39.7 Å². The number of thiophene rings is 1. The van der Waals surface area contributed by atoms with E-state index in [4.69, 9.17) is 4.74 Å². The van der Waals surface area contributed by atoms with E-state index < -0.39 is 5.97 Å². The topological polar surface area (TPSA) is 81.2 Å². The highest BCUT2D eigenvalue weighted by Crippen LogP contribution is 2.31. The normalized spacial score (nSPS) is 10.8. The van der Waals surface area contributed by atoms with Crippen molar-refractivity contribution in [3.8, 4) is 0 Å². The fourth-order valence-electron chi connectivity index (χ4n) is 2.17. The molecule has 0 atom stereocenters. The first-order chi connectivity index (χ1) is 11.0. The molecule has 0 bridgehead atoms. The van der Waals surface area contributed by atoms with E-state index >= 15 is 0 Å². The minimum atomic E-state index is -0.435. The van der Waals surface area contributed by atoms with Gasteiger partial charge in [0.25, 0.3) is 5.91 Å². The molecular formula is C15H19N3O3S2. The summed E-state index contributed by atoms with van der Waals surface area (Å²) in [6.07, 6.45) is 1.38. The quantitative estimate of drug-likeness (QED) is 0.805. The molecule has 23 heavy (non-hydrogen) atoms. The van der Waals surface area contributed by atoms with Gasteiger partial charge in [0.15, 0.2) is 0 Å². The Hall–Kier alpha value is -1.80. The third-order valence-electron chi connectivity index (χ3n) is 3.21. The maximum Gasteiger partial charge on any atom is 0.341 e. The molecular weight excluding hydrogens is 334 g/mol. The van der Waals surface area contributed by atoms with Gasteiger partial charge in [0, 0.05) is 0 Å². The first-order valence-corrected chi connectivity index (χ1v) is 8.94. The molecule has 0 aromatic carbocycles. The van der Waals surface area contributed by atoms with Crippen molar-refractivity contribution < 1.29 is 14.3 Å². The van der Waals surface area contributed by atoms with Gasteiger partial charge in [0.1, 0.15) is 9.88 Å². The number of amides is 1. The van der Waals surface area contributed by atoms with Crippen LogP contribution in [0.3, 0.4) is 0 Å². The summed E-state index contributed by atoms with van der Waals surface area (Å²) in [6.45, 7) is 6.07. The van der Waals surface area contributed by atoms with E-state index in [1.807, 2.05) is 12.3 Å². The van der Waals surface area contributed by atoms with Crippen molar-refractivity contribution in [1.29, 1.82) is 0 Å². The van der Waals surface area contributed by atoms with Crippen LogP contribution in [0.5, 0.6) is 0 Å². The van der Waals surface area contributed by atoms with Crippen molar-refractivity contribution in [2.75, 3.05) is 12.4 Å². The molecule has 0 fully saturated rings. The van der Waals surface area contributed by atoms with Crippen LogP contribution in [0.1, 0.15) is 52.1 Å². The molecule has 2 rings (SSSR count). The molecule has 0 radical (unpaired) electrons. The van der Waals surface area contributed by atoms with E-state index in [1.165, 1.54) is 18.4 Å². The van der Waals surface area contributed by atoms with E-state index in [2.05, 4.69) is 28.8 Å². The summed E-state index contributed by atoms with van der Waals surface area (Å²) in [6, 6.07) is 0. The lowest BCUT2D eigenvalue weighted by atomic mass is 10.0. The van der Waals surface area contributed by atoms with Gasteiger partial charge in [0.05, 0.1) is 18.4 Å². The number of aryl methyl sites for hydroxylation is 1. The molecule has 1 amide bonds. The Labute approximate surface area is 143 Å². The van der Waals surface area contributed by atoms with Gasteiger partial charge in [-0.2, -0.15) is 0 Å². The highest BCUT2D eigenvalue weighted by Gasteiger charge is 2.23. The van der Waals surface area contributed by atoms with Crippen molar-refractivity contribution in [2.24, 2.45) is 5.92 Å². The third-order valence-corrected chi connectivity index (χ3v) is 4.92. The maximum absolute atomic E-state index is 12.4. The van der Waals surface area contributed by atoms with E-state index in [0.717, 1.165) is 23.5 Å². The van der Waals surface area contributed by atoms with E-state index in [0.29, 0.717) is 33.5 Å². The molecule has 124 valence electrons. The number of nitrogens with zero attached hydrogens (tertiary/aromatic N) is 2. The summed E-state index contributed by atoms with van der Waals surface area (Å²) >= 11 is 2.39. The van der Waals surface area contributed by atoms with Crippen LogP contribution >= 0.6 is 22.9 Å². The van der Waals surface area contributed by atoms with Crippen LogP contribution in [0.4, 0.5) is 5.00 Å². The predicted octanol–water partition coefficient (Wildman–Crippen LogP) is 3.40. The summed E-state index contributed by atoms with van der Waals surface area (Å²) < 4.78 is 8.69. The SMILES string of the molecule is CCc1nnsc1C(=O)Nc1scc(CC(C)C)c1C(=O)OC. The summed E-state index contributed by atoms with van der Waals surface area (Å²) in [5.41, 5.74) is 1.99. The van der Waals surface area contributed by atoms with Crippen molar-refractivity contribution in [1.82, 2.24) is 9.59 Å². The average Bonchev–Trinajstić information content (AvgIpc) is 3.13. The van der Waals surface area contributed by atoms with Gasteiger partial charge >= 0.3 is 5.97 Å². The zero-order valence-electron chi connectivity index (χ0n) is 13.5. The minimum absolute atomic E-state index is 0.292. The third kappa shape index (κ3) is 3.94. The highest BCUT2D eigenvalue weighted by atomic mass is 32.1. The summed E-state index contributed by atoms with van der Waals surface area (Å²) in [4.78, 5) is 25.0. The van der Waals surface area contributed by atoms with Gasteiger partial charge in [-0.05, 0) is 41.2 Å². The monoisotopic (exact) mass is 353 g/mol. The number of esters is 1. The zero-order chi connectivity index (χ0) is 17.0. The van der Waals surface area contributed by atoms with Crippen LogP contribution in [0.15, 0.2) is 5.38 Å². The lowest BCUT2D eigenvalue weighted by Crippen LogP contribution is -2.15. The number of nitrogens with one attached hydrogen (secondary N) is 1. The second-order valence-electron chi connectivity index (χ2n) is 5.41. The Morgan fingerprint density at radius 2 is 2.13 bits per heavy atom. The van der Waals surface area contributed by atoms with E-state index in [-0.39, 0.29) is 5.91 Å². The standard InChI is InChI=1S/C15H19N3O3S2/c1-5-10-12(23-18-17-10)13(19)16-14-11(15(20)21-4)9(7-22-14)6-8(2)3/h7-8H,5-6H2,1-4H3,(H,16,19). The predicted molar refractivity (Wildman–Crippen MR) is 91.4 cm³/mol. The number of carbonyl (C=O) groups excluding carboxylic acids is 2. The van der Waals surface area contributed by atoms with Crippen molar-refractivity contribution in [3.63, 3.8) is 0 Å². The Kier molecular flexibility index (Phi) is 5.84. The number of carbonyl (C=O) groups is 2. The first kappa shape index (κ1) is 17.6. The van der Waals surface area contributed by atoms with Gasteiger partial charge < -0.3 is 10.1 Å². The largest absolute Gasteiger partial charge is 0.465 e. The molecule has 2 heterocycles. The second-order valence-corrected chi connectivity index (χ2v) is 7.04. The zero-order valence-corrected chi connectivity index (χ0v) is 15.1. The fraction of sp³-hybridized carbons (Fsp3) is 0.467. The Morgan fingerprint density at radius 1 is 1.39 bits per heavy atom. The summed E-state index contributed by atoms with van der Waals surface area (Å²) in [5.74, 6) is -0.329. The summed E-state index contributed by atoms with van der Waals surface area (Å²) in [5, 5.41) is 9.14. The molecule has 0 unspecified atom stereocenters. The number of anilines is 1. The average molecular weight is 353 g/mol. The fourth-order valence-corrected chi connectivity index (χ4v) is 3.78. The maximum atomic E-state index is 12.4. The van der Waals surface area contributed by atoms with E-state index in [1.54, 1.807) is 0 Å². The molecule has 0 spiro atoms. The van der Waals surface area contributed by atoms with Crippen LogP contribution in [-0.2, 0) is 17.6 Å². The van der Waals surface area contributed by atoms with Gasteiger partial charge in [-0.25, -0.2) is 4.79 Å². The number of ether oxygens (including phenoxy) is 1. The number of rotatable bonds is 6. The highest BCUT2D eigenvalue weighted by molar-refractivity contribution is 7.15. The minimum Gasteiger partial charge on any atom is -0.465 e. The lowest BCUT2D eigenvalue weighted by Gasteiger charge is -2.08.